The van der Waals surface area contributed by atoms with Crippen LogP contribution in [0.4, 0.5) is 5.69 Å². The van der Waals surface area contributed by atoms with Crippen molar-refractivity contribution in [1.82, 2.24) is 4.98 Å². The van der Waals surface area contributed by atoms with Crippen LogP contribution in [0.2, 0.25) is 0 Å². The smallest absolute Gasteiger partial charge is 0.275 e. The number of hydrogen-bond donors (Lipinski definition) is 2. The van der Waals surface area contributed by atoms with Crippen molar-refractivity contribution < 1.29 is 4.79 Å². The van der Waals surface area contributed by atoms with Gasteiger partial charge in [0, 0.05) is 10.9 Å². The van der Waals surface area contributed by atoms with E-state index in [0.717, 1.165) is 5.01 Å². The van der Waals surface area contributed by atoms with Crippen molar-refractivity contribution in [2.75, 3.05) is 5.32 Å². The number of thiazole rings is 1. The number of carbonyl (C=O) groups excluding carboxylic acids is 1. The normalized spacial score (nSPS) is 10.1. The summed E-state index contributed by atoms with van der Waals surface area (Å²) in [5.74, 6) is -0.261. The van der Waals surface area contributed by atoms with Gasteiger partial charge in [0.05, 0.1) is 10.7 Å². The first kappa shape index (κ1) is 12.7. The lowest BCUT2D eigenvalue weighted by molar-refractivity contribution is 0.102. The first-order valence-corrected chi connectivity index (χ1v) is 6.49. The van der Waals surface area contributed by atoms with Gasteiger partial charge >= 0.3 is 0 Å². The van der Waals surface area contributed by atoms with E-state index in [0.29, 0.717) is 16.9 Å². The highest BCUT2D eigenvalue weighted by atomic mass is 32.1. The molecule has 0 bridgehead atoms. The molecule has 0 aliphatic heterocycles. The van der Waals surface area contributed by atoms with Crippen LogP contribution in [0.3, 0.4) is 0 Å². The first-order chi connectivity index (χ1) is 8.58. The minimum absolute atomic E-state index is 0.250. The van der Waals surface area contributed by atoms with Crippen molar-refractivity contribution in [2.45, 2.75) is 6.92 Å². The zero-order valence-corrected chi connectivity index (χ0v) is 11.3. The number of rotatable bonds is 3. The summed E-state index contributed by atoms with van der Waals surface area (Å²) in [5.41, 5.74) is 7.24. The molecule has 0 radical (unpaired) electrons. The van der Waals surface area contributed by atoms with E-state index in [1.54, 1.807) is 17.5 Å². The molecule has 1 aromatic carbocycles. The summed E-state index contributed by atoms with van der Waals surface area (Å²) in [6, 6.07) is 7.15. The fraction of sp³-hybridized carbons (Fsp3) is 0.0833. The molecule has 0 atom stereocenters. The van der Waals surface area contributed by atoms with Crippen LogP contribution >= 0.6 is 23.6 Å². The second-order valence-corrected chi connectivity index (χ2v) is 5.12. The van der Waals surface area contributed by atoms with Gasteiger partial charge < -0.3 is 11.1 Å². The quantitative estimate of drug-likeness (QED) is 0.845. The molecule has 0 aliphatic carbocycles. The minimum atomic E-state index is -0.261. The molecule has 6 heteroatoms. The number of nitrogens with zero attached hydrogens (tertiary/aromatic N) is 1. The number of anilines is 1. The Bertz CT molecular complexity index is 607. The molecule has 1 aromatic heterocycles. The third-order valence-electron chi connectivity index (χ3n) is 2.29. The van der Waals surface area contributed by atoms with Crippen LogP contribution in [-0.2, 0) is 0 Å². The fourth-order valence-corrected chi connectivity index (χ4v) is 2.23. The Balaban J connectivity index is 2.24. The van der Waals surface area contributed by atoms with Crippen LogP contribution in [0.25, 0.3) is 0 Å². The van der Waals surface area contributed by atoms with Crippen molar-refractivity contribution in [2.24, 2.45) is 5.73 Å². The molecule has 3 N–H and O–H groups in total. The number of nitrogens with one attached hydrogen (secondary N) is 1. The Morgan fingerprint density at radius 3 is 2.78 bits per heavy atom. The predicted octanol–water partition coefficient (Wildman–Crippen LogP) is 2.34. The Labute approximate surface area is 114 Å². The van der Waals surface area contributed by atoms with Crippen LogP contribution in [-0.4, -0.2) is 15.9 Å². The second-order valence-electron chi connectivity index (χ2n) is 3.62. The molecule has 1 heterocycles. The molecule has 0 unspecified atom stereocenters. The number of benzene rings is 1. The summed E-state index contributed by atoms with van der Waals surface area (Å²) in [5, 5.41) is 5.33. The topological polar surface area (TPSA) is 68.0 Å². The number of hydrogen-bond acceptors (Lipinski definition) is 4. The average molecular weight is 277 g/mol. The van der Waals surface area contributed by atoms with Crippen LogP contribution < -0.4 is 11.1 Å². The lowest BCUT2D eigenvalue weighted by Crippen LogP contribution is -2.17. The molecule has 0 fully saturated rings. The van der Waals surface area contributed by atoms with E-state index in [1.807, 2.05) is 19.1 Å². The van der Waals surface area contributed by atoms with Gasteiger partial charge in [0.1, 0.15) is 10.7 Å². The molecule has 4 nitrogen and oxygen atoms in total. The van der Waals surface area contributed by atoms with E-state index in [-0.39, 0.29) is 10.9 Å². The van der Waals surface area contributed by atoms with Crippen LogP contribution in [0.1, 0.15) is 21.1 Å². The van der Waals surface area contributed by atoms with Gasteiger partial charge in [-0.15, -0.1) is 11.3 Å². The van der Waals surface area contributed by atoms with E-state index < -0.39 is 0 Å². The van der Waals surface area contributed by atoms with E-state index in [1.165, 1.54) is 11.3 Å². The fourth-order valence-electron chi connectivity index (χ4n) is 1.46. The SMILES string of the molecule is Cc1nc(C(=O)Nc2ccccc2C(N)=S)cs1. The lowest BCUT2D eigenvalue weighted by atomic mass is 10.1. The van der Waals surface area contributed by atoms with E-state index in [9.17, 15) is 4.79 Å². The summed E-state index contributed by atoms with van der Waals surface area (Å²) in [4.78, 5) is 16.3. The number of carbonyl (C=O) groups is 1. The highest BCUT2D eigenvalue weighted by molar-refractivity contribution is 7.80. The standard InChI is InChI=1S/C12H11N3OS2/c1-7-14-10(6-18-7)12(16)15-9-5-3-2-4-8(9)11(13)17/h2-6H,1H3,(H2,13,17)(H,15,16). The maximum absolute atomic E-state index is 12.0. The Morgan fingerprint density at radius 2 is 2.17 bits per heavy atom. The highest BCUT2D eigenvalue weighted by Crippen LogP contribution is 2.16. The third-order valence-corrected chi connectivity index (χ3v) is 3.29. The molecular formula is C12H11N3OS2. The monoisotopic (exact) mass is 277 g/mol. The van der Waals surface area contributed by atoms with Crippen LogP contribution in [0.5, 0.6) is 0 Å². The van der Waals surface area contributed by atoms with Gasteiger partial charge in [0.25, 0.3) is 5.91 Å². The van der Waals surface area contributed by atoms with Crippen LogP contribution in [0, 0.1) is 6.92 Å². The van der Waals surface area contributed by atoms with Crippen molar-refractivity contribution in [3.05, 3.63) is 45.9 Å². The largest absolute Gasteiger partial charge is 0.389 e. The van der Waals surface area contributed by atoms with Crippen LogP contribution in [0.15, 0.2) is 29.6 Å². The molecular weight excluding hydrogens is 266 g/mol. The number of amides is 1. The van der Waals surface area contributed by atoms with Gasteiger partial charge in [-0.3, -0.25) is 4.79 Å². The maximum atomic E-state index is 12.0. The Hall–Kier alpha value is -1.79. The van der Waals surface area contributed by atoms with Crippen molar-refractivity contribution in [3.8, 4) is 0 Å². The molecule has 2 rings (SSSR count). The van der Waals surface area contributed by atoms with Gasteiger partial charge in [0.15, 0.2) is 0 Å². The molecule has 1 amide bonds. The summed E-state index contributed by atoms with van der Waals surface area (Å²) in [6.07, 6.45) is 0. The molecule has 2 aromatic rings. The number of nitrogens with two attached hydrogens (primary N) is 1. The Kier molecular flexibility index (Phi) is 3.69. The average Bonchev–Trinajstić information content (AvgIpc) is 2.76. The predicted molar refractivity (Wildman–Crippen MR) is 77.1 cm³/mol. The van der Waals surface area contributed by atoms with Gasteiger partial charge in [-0.1, -0.05) is 24.4 Å². The molecule has 0 spiro atoms. The number of para-hydroxylation sites is 1. The summed E-state index contributed by atoms with van der Waals surface area (Å²) in [7, 11) is 0. The molecule has 0 saturated carbocycles. The van der Waals surface area contributed by atoms with Crippen molar-refractivity contribution in [1.29, 1.82) is 0 Å². The molecule has 92 valence electrons. The molecule has 18 heavy (non-hydrogen) atoms. The van der Waals surface area contributed by atoms with E-state index in [4.69, 9.17) is 18.0 Å². The van der Waals surface area contributed by atoms with Gasteiger partial charge in [-0.25, -0.2) is 4.98 Å². The maximum Gasteiger partial charge on any atom is 0.275 e. The second kappa shape index (κ2) is 5.24. The number of aromatic nitrogens is 1. The highest BCUT2D eigenvalue weighted by Gasteiger charge is 2.12. The first-order valence-electron chi connectivity index (χ1n) is 5.20. The minimum Gasteiger partial charge on any atom is -0.389 e. The van der Waals surface area contributed by atoms with E-state index >= 15 is 0 Å². The van der Waals surface area contributed by atoms with Gasteiger partial charge in [-0.2, -0.15) is 0 Å². The zero-order valence-electron chi connectivity index (χ0n) is 9.64. The third kappa shape index (κ3) is 2.72. The van der Waals surface area contributed by atoms with Crippen molar-refractivity contribution in [3.63, 3.8) is 0 Å². The van der Waals surface area contributed by atoms with E-state index in [2.05, 4.69) is 10.3 Å². The number of aryl methyl sites for hydroxylation is 1. The summed E-state index contributed by atoms with van der Waals surface area (Å²) >= 11 is 6.37. The molecule has 0 aliphatic rings. The van der Waals surface area contributed by atoms with Gasteiger partial charge in [-0.05, 0) is 19.1 Å². The number of thiocarbonyl (C=S) groups is 1. The zero-order chi connectivity index (χ0) is 13.1. The lowest BCUT2D eigenvalue weighted by Gasteiger charge is -2.08. The summed E-state index contributed by atoms with van der Waals surface area (Å²) in [6.45, 7) is 1.85. The van der Waals surface area contributed by atoms with Crippen molar-refractivity contribution >= 4 is 40.1 Å². The molecule has 0 saturated heterocycles. The summed E-state index contributed by atoms with van der Waals surface area (Å²) < 4.78 is 0. The Morgan fingerprint density at radius 1 is 1.44 bits per heavy atom. The van der Waals surface area contributed by atoms with Gasteiger partial charge in [0.2, 0.25) is 0 Å².